The highest BCUT2D eigenvalue weighted by Gasteiger charge is 2.34. The third-order valence-corrected chi connectivity index (χ3v) is 4.39. The van der Waals surface area contributed by atoms with Gasteiger partial charge in [-0.25, -0.2) is 9.97 Å². The molecule has 0 spiro atoms. The molecular weight excluding hydrogens is 341 g/mol. The van der Waals surface area contributed by atoms with Gasteiger partial charge in [-0.15, -0.1) is 11.3 Å². The van der Waals surface area contributed by atoms with Crippen LogP contribution in [0.3, 0.4) is 0 Å². The van der Waals surface area contributed by atoms with Crippen LogP contribution in [-0.4, -0.2) is 22.9 Å². The average molecular weight is 352 g/mol. The molecule has 1 amide bonds. The van der Waals surface area contributed by atoms with Gasteiger partial charge in [0.2, 0.25) is 5.95 Å². The number of nitrogens with one attached hydrogen (secondary N) is 1. The van der Waals surface area contributed by atoms with Crippen LogP contribution in [0, 0.1) is 0 Å². The maximum absolute atomic E-state index is 13.3. The van der Waals surface area contributed by atoms with Crippen molar-refractivity contribution >= 4 is 33.4 Å². The Balaban J connectivity index is 2.36. The molecule has 124 valence electrons. The first-order chi connectivity index (χ1) is 11.3. The largest absolute Gasteiger partial charge is 0.417 e. The van der Waals surface area contributed by atoms with E-state index < -0.39 is 17.6 Å². The molecule has 0 unspecified atom stereocenters. The third-order valence-electron chi connectivity index (χ3n) is 3.35. The van der Waals surface area contributed by atoms with E-state index in [4.69, 9.17) is 5.73 Å². The fourth-order valence-electron chi connectivity index (χ4n) is 2.30. The number of thiophene rings is 1. The molecule has 1 aromatic carbocycles. The summed E-state index contributed by atoms with van der Waals surface area (Å²) in [4.78, 5) is 20.3. The molecule has 5 nitrogen and oxygen atoms in total. The Kier molecular flexibility index (Phi) is 3.88. The van der Waals surface area contributed by atoms with Crippen molar-refractivity contribution in [2.75, 3.05) is 12.4 Å². The van der Waals surface area contributed by atoms with Crippen molar-refractivity contribution in [1.82, 2.24) is 9.97 Å². The molecule has 0 aliphatic rings. The summed E-state index contributed by atoms with van der Waals surface area (Å²) in [5.41, 5.74) is 4.47. The molecule has 0 aliphatic heterocycles. The number of fused-ring (bicyclic) bond motifs is 1. The fraction of sp³-hybridized carbons (Fsp3) is 0.133. The Morgan fingerprint density at radius 1 is 1.25 bits per heavy atom. The van der Waals surface area contributed by atoms with E-state index >= 15 is 0 Å². The highest BCUT2D eigenvalue weighted by atomic mass is 32.1. The first-order valence-corrected chi connectivity index (χ1v) is 7.58. The molecule has 2 aromatic heterocycles. The Labute approximate surface area is 138 Å². The van der Waals surface area contributed by atoms with Gasteiger partial charge in [-0.05, 0) is 12.1 Å². The predicted octanol–water partition coefficient (Wildman–Crippen LogP) is 3.52. The van der Waals surface area contributed by atoms with E-state index in [0.29, 0.717) is 10.2 Å². The number of alkyl halides is 3. The fourth-order valence-corrected chi connectivity index (χ4v) is 3.18. The number of halogens is 3. The highest BCUT2D eigenvalue weighted by molar-refractivity contribution is 7.20. The van der Waals surface area contributed by atoms with Crippen LogP contribution < -0.4 is 11.1 Å². The minimum absolute atomic E-state index is 0.0808. The molecule has 0 bridgehead atoms. The summed E-state index contributed by atoms with van der Waals surface area (Å²) in [6, 6.07) is 6.56. The predicted molar refractivity (Wildman–Crippen MR) is 85.9 cm³/mol. The second-order valence-corrected chi connectivity index (χ2v) is 5.91. The van der Waals surface area contributed by atoms with Gasteiger partial charge in [-0.3, -0.25) is 4.79 Å². The monoisotopic (exact) mass is 352 g/mol. The number of primary amides is 1. The number of hydrogen-bond acceptors (Lipinski definition) is 5. The number of amides is 1. The summed E-state index contributed by atoms with van der Waals surface area (Å²) in [6.45, 7) is 0. The lowest BCUT2D eigenvalue weighted by Gasteiger charge is -2.13. The van der Waals surface area contributed by atoms with E-state index in [0.717, 1.165) is 17.4 Å². The van der Waals surface area contributed by atoms with Crippen LogP contribution in [0.2, 0.25) is 0 Å². The van der Waals surface area contributed by atoms with E-state index in [1.165, 1.54) is 24.3 Å². The van der Waals surface area contributed by atoms with Gasteiger partial charge in [0.05, 0.1) is 16.1 Å². The summed E-state index contributed by atoms with van der Waals surface area (Å²) in [6.07, 6.45) is -4.53. The van der Waals surface area contributed by atoms with E-state index in [1.807, 2.05) is 0 Å². The number of hydrogen-bond donors (Lipinski definition) is 2. The van der Waals surface area contributed by atoms with Crippen LogP contribution in [0.1, 0.15) is 15.2 Å². The third kappa shape index (κ3) is 2.78. The number of carbonyl (C=O) groups excluding carboxylic acids is 1. The number of anilines is 1. The van der Waals surface area contributed by atoms with Crippen LogP contribution in [0.25, 0.3) is 21.5 Å². The molecule has 2 heterocycles. The van der Waals surface area contributed by atoms with Crippen molar-refractivity contribution in [3.05, 3.63) is 40.8 Å². The van der Waals surface area contributed by atoms with Crippen molar-refractivity contribution < 1.29 is 18.0 Å². The Morgan fingerprint density at radius 2 is 1.96 bits per heavy atom. The van der Waals surface area contributed by atoms with E-state index in [1.54, 1.807) is 7.05 Å². The Morgan fingerprint density at radius 3 is 2.58 bits per heavy atom. The number of nitrogens with zero attached hydrogens (tertiary/aromatic N) is 2. The van der Waals surface area contributed by atoms with Gasteiger partial charge in [0.1, 0.15) is 4.83 Å². The number of rotatable bonds is 3. The van der Waals surface area contributed by atoms with Crippen LogP contribution in [0.15, 0.2) is 30.3 Å². The van der Waals surface area contributed by atoms with Gasteiger partial charge in [0, 0.05) is 18.0 Å². The van der Waals surface area contributed by atoms with Crippen molar-refractivity contribution in [3.63, 3.8) is 0 Å². The zero-order valence-corrected chi connectivity index (χ0v) is 13.1. The van der Waals surface area contributed by atoms with Gasteiger partial charge in [-0.2, -0.15) is 13.2 Å². The standard InChI is InChI=1S/C15H11F3N4OS/c1-20-14-21-11(7-4-2-3-5-9(7)15(16,17)18)8-6-10(12(19)23)24-13(8)22-14/h2-6H,1H3,(H2,19,23)(H,20,21,22). The highest BCUT2D eigenvalue weighted by Crippen LogP contribution is 2.40. The lowest BCUT2D eigenvalue weighted by Crippen LogP contribution is -2.08. The van der Waals surface area contributed by atoms with Crippen LogP contribution in [0.4, 0.5) is 19.1 Å². The molecule has 3 rings (SSSR count). The van der Waals surface area contributed by atoms with Crippen molar-refractivity contribution in [2.45, 2.75) is 6.18 Å². The molecule has 3 aromatic rings. The SMILES string of the molecule is CNc1nc(-c2ccccc2C(F)(F)F)c2cc(C(N)=O)sc2n1. The van der Waals surface area contributed by atoms with Gasteiger partial charge < -0.3 is 11.1 Å². The smallest absolute Gasteiger partial charge is 0.365 e. The number of aromatic nitrogens is 2. The molecule has 0 saturated carbocycles. The van der Waals surface area contributed by atoms with Crippen LogP contribution in [0.5, 0.6) is 0 Å². The summed E-state index contributed by atoms with van der Waals surface area (Å²) < 4.78 is 40.0. The molecule has 3 N–H and O–H groups in total. The van der Waals surface area contributed by atoms with E-state index in [-0.39, 0.29) is 22.1 Å². The molecule has 0 atom stereocenters. The summed E-state index contributed by atoms with van der Waals surface area (Å²) >= 11 is 1.01. The first-order valence-electron chi connectivity index (χ1n) is 6.77. The second kappa shape index (κ2) is 5.75. The Hall–Kier alpha value is -2.68. The summed E-state index contributed by atoms with van der Waals surface area (Å²) in [5.74, 6) is -0.508. The quantitative estimate of drug-likeness (QED) is 0.756. The van der Waals surface area contributed by atoms with Gasteiger partial charge in [0.15, 0.2) is 0 Å². The summed E-state index contributed by atoms with van der Waals surface area (Å²) in [7, 11) is 1.56. The van der Waals surface area contributed by atoms with Gasteiger partial charge in [0.25, 0.3) is 5.91 Å². The van der Waals surface area contributed by atoms with E-state index in [9.17, 15) is 18.0 Å². The normalized spacial score (nSPS) is 11.7. The first kappa shape index (κ1) is 16.2. The molecule has 0 radical (unpaired) electrons. The number of carbonyl (C=O) groups is 1. The van der Waals surface area contributed by atoms with Crippen molar-refractivity contribution in [3.8, 4) is 11.3 Å². The van der Waals surface area contributed by atoms with Gasteiger partial charge >= 0.3 is 6.18 Å². The van der Waals surface area contributed by atoms with Crippen molar-refractivity contribution in [1.29, 1.82) is 0 Å². The lowest BCUT2D eigenvalue weighted by atomic mass is 10.0. The summed E-state index contributed by atoms with van der Waals surface area (Å²) in [5, 5.41) is 3.06. The topological polar surface area (TPSA) is 80.9 Å². The lowest BCUT2D eigenvalue weighted by molar-refractivity contribution is -0.137. The minimum atomic E-state index is -4.53. The molecule has 0 fully saturated rings. The maximum Gasteiger partial charge on any atom is 0.417 e. The van der Waals surface area contributed by atoms with Crippen molar-refractivity contribution in [2.24, 2.45) is 5.73 Å². The van der Waals surface area contributed by atoms with E-state index in [2.05, 4.69) is 15.3 Å². The van der Waals surface area contributed by atoms with Crippen LogP contribution >= 0.6 is 11.3 Å². The zero-order chi connectivity index (χ0) is 17.5. The number of nitrogens with two attached hydrogens (primary N) is 1. The molecule has 0 aliphatic carbocycles. The maximum atomic E-state index is 13.3. The molecule has 9 heteroatoms. The van der Waals surface area contributed by atoms with Gasteiger partial charge in [-0.1, -0.05) is 18.2 Å². The zero-order valence-electron chi connectivity index (χ0n) is 12.3. The second-order valence-electron chi connectivity index (χ2n) is 4.88. The Bertz CT molecular complexity index is 936. The molecule has 0 saturated heterocycles. The average Bonchev–Trinajstić information content (AvgIpc) is 2.97. The molecule has 24 heavy (non-hydrogen) atoms. The minimum Gasteiger partial charge on any atom is -0.365 e. The molecular formula is C15H11F3N4OS. The van der Waals surface area contributed by atoms with Crippen LogP contribution in [-0.2, 0) is 6.18 Å². The number of benzene rings is 1.